The van der Waals surface area contributed by atoms with Crippen LogP contribution in [-0.4, -0.2) is 66.0 Å². The molecule has 7 heteroatoms. The van der Waals surface area contributed by atoms with E-state index in [0.29, 0.717) is 18.0 Å². The van der Waals surface area contributed by atoms with E-state index in [4.69, 9.17) is 15.1 Å². The van der Waals surface area contributed by atoms with Gasteiger partial charge in [0.1, 0.15) is 17.5 Å². The molecule has 0 amide bonds. The molecule has 3 aliphatic rings. The summed E-state index contributed by atoms with van der Waals surface area (Å²) in [4.78, 5) is 14.4. The molecule has 7 nitrogen and oxygen atoms in total. The Morgan fingerprint density at radius 2 is 1.94 bits per heavy atom. The van der Waals surface area contributed by atoms with Gasteiger partial charge in [0.05, 0.1) is 19.3 Å². The maximum atomic E-state index is 7.51. The molecule has 5 heterocycles. The number of ether oxygens (including phenoxy) is 1. The first-order chi connectivity index (χ1) is 15.2. The summed E-state index contributed by atoms with van der Waals surface area (Å²) in [6.45, 7) is 7.44. The molecule has 31 heavy (non-hydrogen) atoms. The monoisotopic (exact) mass is 420 g/mol. The predicted molar refractivity (Wildman–Crippen MR) is 124 cm³/mol. The Bertz CT molecular complexity index is 922. The van der Waals surface area contributed by atoms with Crippen LogP contribution in [0, 0.1) is 5.41 Å². The molecule has 2 N–H and O–H groups in total. The second kappa shape index (κ2) is 8.93. The van der Waals surface area contributed by atoms with Crippen molar-refractivity contribution in [3.05, 3.63) is 41.6 Å². The molecule has 2 aromatic heterocycles. The van der Waals surface area contributed by atoms with Gasteiger partial charge in [-0.05, 0) is 87.0 Å². The molecule has 164 valence electrons. The lowest BCUT2D eigenvalue weighted by Crippen LogP contribution is -2.51. The summed E-state index contributed by atoms with van der Waals surface area (Å²) in [6.07, 6.45) is 7.87. The lowest BCUT2D eigenvalue weighted by atomic mass is 9.89. The van der Waals surface area contributed by atoms with E-state index >= 15 is 0 Å². The zero-order valence-electron chi connectivity index (χ0n) is 18.3. The van der Waals surface area contributed by atoms with Crippen molar-refractivity contribution < 1.29 is 4.74 Å². The Hall–Kier alpha value is -2.51. The number of hydrogen-bond acceptors (Lipinski definition) is 7. The Kier molecular flexibility index (Phi) is 5.87. The molecule has 0 radical (unpaired) electrons. The summed E-state index contributed by atoms with van der Waals surface area (Å²) in [5, 5.41) is 10.9. The third kappa shape index (κ3) is 4.43. The van der Waals surface area contributed by atoms with Crippen LogP contribution in [0.2, 0.25) is 0 Å². The summed E-state index contributed by atoms with van der Waals surface area (Å²) >= 11 is 0. The van der Waals surface area contributed by atoms with Crippen LogP contribution in [0.15, 0.2) is 30.5 Å². The molecule has 0 bridgehead atoms. The molecule has 3 aliphatic heterocycles. The third-order valence-corrected chi connectivity index (χ3v) is 7.03. The van der Waals surface area contributed by atoms with Crippen LogP contribution >= 0.6 is 0 Å². The summed E-state index contributed by atoms with van der Waals surface area (Å²) < 4.78 is 5.39. The molecule has 0 aliphatic carbocycles. The van der Waals surface area contributed by atoms with E-state index in [1.54, 1.807) is 6.20 Å². The Morgan fingerprint density at radius 1 is 1.10 bits per heavy atom. The van der Waals surface area contributed by atoms with Crippen molar-refractivity contribution >= 4 is 23.7 Å². The van der Waals surface area contributed by atoms with Gasteiger partial charge >= 0.3 is 0 Å². The van der Waals surface area contributed by atoms with Gasteiger partial charge < -0.3 is 20.4 Å². The van der Waals surface area contributed by atoms with Gasteiger partial charge in [0.2, 0.25) is 0 Å². The van der Waals surface area contributed by atoms with Crippen LogP contribution in [-0.2, 0) is 4.74 Å². The van der Waals surface area contributed by atoms with E-state index in [1.807, 2.05) is 12.1 Å². The van der Waals surface area contributed by atoms with Gasteiger partial charge in [0.15, 0.2) is 0 Å². The van der Waals surface area contributed by atoms with Gasteiger partial charge in [-0.1, -0.05) is 0 Å². The quantitative estimate of drug-likeness (QED) is 0.693. The minimum atomic E-state index is 0.524. The predicted octanol–water partition coefficient (Wildman–Crippen LogP) is 3.78. The molecule has 0 saturated carbocycles. The van der Waals surface area contributed by atoms with Gasteiger partial charge in [-0.15, -0.1) is 0 Å². The van der Waals surface area contributed by atoms with E-state index in [-0.39, 0.29) is 0 Å². The van der Waals surface area contributed by atoms with Crippen LogP contribution in [0.25, 0.3) is 0 Å². The summed E-state index contributed by atoms with van der Waals surface area (Å²) in [7, 11) is 0. The normalized spacial score (nSPS) is 23.0. The number of piperidine rings is 1. The minimum Gasteiger partial charge on any atom is -0.378 e. The largest absolute Gasteiger partial charge is 0.378 e. The van der Waals surface area contributed by atoms with Crippen molar-refractivity contribution in [2.75, 3.05) is 43.1 Å². The first-order valence-electron chi connectivity index (χ1n) is 11.5. The maximum Gasteiger partial charge on any atom is 0.134 e. The van der Waals surface area contributed by atoms with Gasteiger partial charge in [-0.25, -0.2) is 9.97 Å². The number of rotatable bonds is 6. The van der Waals surface area contributed by atoms with E-state index in [1.165, 1.54) is 37.5 Å². The van der Waals surface area contributed by atoms with E-state index < -0.39 is 0 Å². The van der Waals surface area contributed by atoms with Gasteiger partial charge in [0.25, 0.3) is 0 Å². The van der Waals surface area contributed by atoms with E-state index in [0.717, 1.165) is 55.9 Å². The number of nitrogens with one attached hydrogen (secondary N) is 2. The molecule has 0 aromatic carbocycles. The van der Waals surface area contributed by atoms with Crippen LogP contribution in [0.3, 0.4) is 0 Å². The number of aromatic nitrogens is 2. The molecule has 0 unspecified atom stereocenters. The van der Waals surface area contributed by atoms with Gasteiger partial charge in [0, 0.05) is 25.0 Å². The van der Waals surface area contributed by atoms with Gasteiger partial charge in [-0.3, -0.25) is 4.90 Å². The topological polar surface area (TPSA) is 77.4 Å². The molecule has 2 aromatic rings. The Morgan fingerprint density at radius 3 is 2.61 bits per heavy atom. The standard InChI is InChI=1S/C24H32N6O/c1-17-3-2-8-30(17)24-13-20(19-5-9-29(10-6-19)21-15-31-16-21)12-23(28-24)27-22-11-18(14-25)4-7-26-22/h4,7,11-14,17,19,21,25H,2-3,5-6,8-10,15-16H2,1H3,(H,26,27,28)/t17-/m1/s1. The van der Waals surface area contributed by atoms with E-state index in [2.05, 4.69) is 39.2 Å². The summed E-state index contributed by atoms with van der Waals surface area (Å²) in [5.41, 5.74) is 2.20. The second-order valence-corrected chi connectivity index (χ2v) is 9.07. The van der Waals surface area contributed by atoms with Crippen molar-refractivity contribution in [2.24, 2.45) is 0 Å². The summed E-state index contributed by atoms with van der Waals surface area (Å²) in [5.74, 6) is 3.20. The fraction of sp³-hybridized carbons (Fsp3) is 0.542. The minimum absolute atomic E-state index is 0.524. The number of nitrogens with zero attached hydrogens (tertiary/aromatic N) is 4. The van der Waals surface area contributed by atoms with Crippen LogP contribution < -0.4 is 10.2 Å². The lowest BCUT2D eigenvalue weighted by Gasteiger charge is -2.41. The number of pyridine rings is 2. The molecular formula is C24H32N6O. The highest BCUT2D eigenvalue weighted by Crippen LogP contribution is 2.35. The van der Waals surface area contributed by atoms with Crippen molar-refractivity contribution in [3.63, 3.8) is 0 Å². The van der Waals surface area contributed by atoms with Crippen molar-refractivity contribution in [3.8, 4) is 0 Å². The molecule has 5 rings (SSSR count). The SMILES string of the molecule is C[C@@H]1CCCN1c1cc(C2CCN(C3COC3)CC2)cc(Nc2cc(C=N)ccn2)n1. The zero-order valence-corrected chi connectivity index (χ0v) is 18.3. The van der Waals surface area contributed by atoms with Crippen LogP contribution in [0.5, 0.6) is 0 Å². The van der Waals surface area contributed by atoms with E-state index in [9.17, 15) is 0 Å². The van der Waals surface area contributed by atoms with Crippen LogP contribution in [0.4, 0.5) is 17.5 Å². The van der Waals surface area contributed by atoms with Gasteiger partial charge in [-0.2, -0.15) is 0 Å². The van der Waals surface area contributed by atoms with Crippen molar-refractivity contribution in [1.82, 2.24) is 14.9 Å². The van der Waals surface area contributed by atoms with Crippen molar-refractivity contribution in [1.29, 1.82) is 5.41 Å². The molecular weight excluding hydrogens is 388 g/mol. The highest BCUT2D eigenvalue weighted by molar-refractivity contribution is 5.78. The first-order valence-corrected chi connectivity index (χ1v) is 11.5. The molecule has 3 fully saturated rings. The fourth-order valence-corrected chi connectivity index (χ4v) is 5.03. The zero-order chi connectivity index (χ0) is 21.2. The van der Waals surface area contributed by atoms with Crippen molar-refractivity contribution in [2.45, 2.75) is 50.6 Å². The molecule has 1 atom stereocenters. The molecule has 0 spiro atoms. The molecule has 3 saturated heterocycles. The second-order valence-electron chi connectivity index (χ2n) is 9.07. The first kappa shape index (κ1) is 20.4. The smallest absolute Gasteiger partial charge is 0.134 e. The highest BCUT2D eigenvalue weighted by atomic mass is 16.5. The number of anilines is 3. The average Bonchev–Trinajstić information content (AvgIpc) is 3.19. The number of likely N-dealkylation sites (tertiary alicyclic amines) is 1. The lowest BCUT2D eigenvalue weighted by molar-refractivity contribution is -0.0712. The fourth-order valence-electron chi connectivity index (χ4n) is 5.03. The number of hydrogen-bond donors (Lipinski definition) is 2. The Labute approximate surface area is 184 Å². The maximum absolute atomic E-state index is 7.51. The van der Waals surface area contributed by atoms with Crippen LogP contribution in [0.1, 0.15) is 49.7 Å². The highest BCUT2D eigenvalue weighted by Gasteiger charge is 2.31. The Balaban J connectivity index is 1.40. The third-order valence-electron chi connectivity index (χ3n) is 7.03. The summed E-state index contributed by atoms with van der Waals surface area (Å²) in [6, 6.07) is 9.40. The average molecular weight is 421 g/mol.